The van der Waals surface area contributed by atoms with Crippen LogP contribution in [0.15, 0.2) is 0 Å². The number of amides is 3. The molecule has 7 nitrogen and oxygen atoms in total. The topological polar surface area (TPSA) is 105 Å². The summed E-state index contributed by atoms with van der Waals surface area (Å²) in [6.07, 6.45) is 2.24. The first-order valence-electron chi connectivity index (χ1n) is 7.17. The second-order valence-corrected chi connectivity index (χ2v) is 6.82. The van der Waals surface area contributed by atoms with E-state index < -0.39 is 11.9 Å². The number of nitrogens with two attached hydrogens (primary N) is 1. The van der Waals surface area contributed by atoms with Gasteiger partial charge in [0.25, 0.3) is 0 Å². The normalized spacial score (nSPS) is 30.5. The lowest BCUT2D eigenvalue weighted by Gasteiger charge is -2.27. The molecule has 3 unspecified atom stereocenters. The fourth-order valence-electron chi connectivity index (χ4n) is 2.69. The summed E-state index contributed by atoms with van der Waals surface area (Å²) in [6.45, 7) is 1.78. The van der Waals surface area contributed by atoms with Crippen molar-refractivity contribution in [2.45, 2.75) is 55.4 Å². The summed E-state index contributed by atoms with van der Waals surface area (Å²) in [5.74, 6) is -0.578. The van der Waals surface area contributed by atoms with Gasteiger partial charge in [-0.2, -0.15) is 0 Å². The Morgan fingerprint density at radius 2 is 2.10 bits per heavy atom. The number of hydrogen-bond acceptors (Lipinski definition) is 5. The smallest absolute Gasteiger partial charge is 0.240 e. The van der Waals surface area contributed by atoms with Crippen LogP contribution in [0.5, 0.6) is 0 Å². The number of likely N-dealkylation sites (N-methyl/N-ethyl adjacent to an activating group) is 1. The van der Waals surface area contributed by atoms with E-state index in [2.05, 4.69) is 10.6 Å². The molecule has 0 bridgehead atoms. The summed E-state index contributed by atoms with van der Waals surface area (Å²) in [7, 11) is 1.73. The van der Waals surface area contributed by atoms with Crippen LogP contribution in [0.3, 0.4) is 0 Å². The van der Waals surface area contributed by atoms with Gasteiger partial charge in [-0.1, -0.05) is 0 Å². The highest BCUT2D eigenvalue weighted by molar-refractivity contribution is 8.00. The van der Waals surface area contributed by atoms with Crippen LogP contribution >= 0.6 is 11.8 Å². The van der Waals surface area contributed by atoms with E-state index in [1.807, 2.05) is 0 Å². The third kappa shape index (κ3) is 3.49. The number of carbonyl (C=O) groups excluding carboxylic acids is 3. The van der Waals surface area contributed by atoms with Crippen molar-refractivity contribution in [1.82, 2.24) is 15.5 Å². The number of hydrogen-bond donors (Lipinski definition) is 3. The van der Waals surface area contributed by atoms with Crippen molar-refractivity contribution in [1.29, 1.82) is 0 Å². The van der Waals surface area contributed by atoms with Crippen molar-refractivity contribution in [2.75, 3.05) is 7.05 Å². The van der Waals surface area contributed by atoms with Gasteiger partial charge < -0.3 is 21.3 Å². The zero-order valence-corrected chi connectivity index (χ0v) is 13.1. The largest absolute Gasteiger partial charge is 0.368 e. The molecule has 0 radical (unpaired) electrons. The Hall–Kier alpha value is -1.28. The lowest BCUT2D eigenvalue weighted by atomic mass is 10.2. The average molecular weight is 314 g/mol. The van der Waals surface area contributed by atoms with E-state index >= 15 is 0 Å². The predicted molar refractivity (Wildman–Crippen MR) is 80.1 cm³/mol. The molecule has 2 aliphatic rings. The van der Waals surface area contributed by atoms with Gasteiger partial charge in [-0.15, -0.1) is 11.8 Å². The third-order valence-electron chi connectivity index (χ3n) is 4.02. The Kier molecular flexibility index (Phi) is 5.10. The first-order valence-corrected chi connectivity index (χ1v) is 8.12. The van der Waals surface area contributed by atoms with Gasteiger partial charge in [0.1, 0.15) is 6.04 Å². The number of nitrogens with zero attached hydrogens (tertiary/aromatic N) is 1. The molecule has 2 aliphatic heterocycles. The van der Waals surface area contributed by atoms with Crippen LogP contribution in [-0.2, 0) is 14.4 Å². The summed E-state index contributed by atoms with van der Waals surface area (Å²) in [5, 5.41) is 5.65. The molecule has 0 aromatic heterocycles. The molecule has 4 N–H and O–H groups in total. The van der Waals surface area contributed by atoms with Gasteiger partial charge >= 0.3 is 0 Å². The van der Waals surface area contributed by atoms with Crippen molar-refractivity contribution in [3.05, 3.63) is 0 Å². The van der Waals surface area contributed by atoms with Crippen LogP contribution in [0.4, 0.5) is 0 Å². The lowest BCUT2D eigenvalue weighted by Crippen LogP contribution is -2.46. The summed E-state index contributed by atoms with van der Waals surface area (Å²) in [5.41, 5.74) is 5.37. The molecular formula is C13H22N4O3S. The Morgan fingerprint density at radius 1 is 1.38 bits per heavy atom. The SMILES string of the molecule is CN[C@@H](C)C(=O)NC1CCC(=O)N2C(CCC2C(N)=O)S1. The number of carbonyl (C=O) groups is 3. The first kappa shape index (κ1) is 16.1. The van der Waals surface area contributed by atoms with Crippen molar-refractivity contribution in [2.24, 2.45) is 5.73 Å². The quantitative estimate of drug-likeness (QED) is 0.640. The average Bonchev–Trinajstić information content (AvgIpc) is 2.80. The van der Waals surface area contributed by atoms with Gasteiger partial charge in [0.05, 0.1) is 16.8 Å². The van der Waals surface area contributed by atoms with E-state index in [9.17, 15) is 14.4 Å². The van der Waals surface area contributed by atoms with Gasteiger partial charge in [-0.25, -0.2) is 0 Å². The molecule has 0 aliphatic carbocycles. The van der Waals surface area contributed by atoms with E-state index in [-0.39, 0.29) is 28.6 Å². The molecule has 4 atom stereocenters. The fourth-order valence-corrected chi connectivity index (χ4v) is 4.17. The van der Waals surface area contributed by atoms with Gasteiger partial charge in [0.2, 0.25) is 17.7 Å². The molecule has 21 heavy (non-hydrogen) atoms. The molecule has 0 aromatic carbocycles. The first-order chi connectivity index (χ1) is 9.93. The molecule has 3 amide bonds. The Morgan fingerprint density at radius 3 is 2.71 bits per heavy atom. The van der Waals surface area contributed by atoms with E-state index in [1.165, 1.54) is 0 Å². The number of thioether (sulfide) groups is 1. The van der Waals surface area contributed by atoms with E-state index in [0.717, 1.165) is 6.42 Å². The highest BCUT2D eigenvalue weighted by atomic mass is 32.2. The highest BCUT2D eigenvalue weighted by Crippen LogP contribution is 2.37. The van der Waals surface area contributed by atoms with E-state index in [1.54, 1.807) is 30.6 Å². The molecule has 2 heterocycles. The zero-order valence-electron chi connectivity index (χ0n) is 12.3. The minimum absolute atomic E-state index is 0.0489. The van der Waals surface area contributed by atoms with Crippen LogP contribution in [0, 0.1) is 0 Å². The monoisotopic (exact) mass is 314 g/mol. The lowest BCUT2D eigenvalue weighted by molar-refractivity contribution is -0.137. The van der Waals surface area contributed by atoms with Gasteiger partial charge in [0.15, 0.2) is 0 Å². The Labute approximate surface area is 128 Å². The van der Waals surface area contributed by atoms with Crippen LogP contribution in [0.25, 0.3) is 0 Å². The summed E-state index contributed by atoms with van der Waals surface area (Å²) in [4.78, 5) is 37.2. The molecule has 118 valence electrons. The van der Waals surface area contributed by atoms with Crippen LogP contribution < -0.4 is 16.4 Å². The van der Waals surface area contributed by atoms with E-state index in [0.29, 0.717) is 19.3 Å². The Balaban J connectivity index is 2.03. The number of primary amides is 1. The number of nitrogens with one attached hydrogen (secondary N) is 2. The number of fused-ring (bicyclic) bond motifs is 1. The third-order valence-corrected chi connectivity index (χ3v) is 5.48. The van der Waals surface area contributed by atoms with Crippen molar-refractivity contribution in [3.63, 3.8) is 0 Å². The summed E-state index contributed by atoms with van der Waals surface area (Å²) in [6, 6.07) is -0.775. The maximum atomic E-state index is 12.2. The summed E-state index contributed by atoms with van der Waals surface area (Å²) < 4.78 is 0. The maximum Gasteiger partial charge on any atom is 0.240 e. The molecule has 0 aromatic rings. The number of rotatable bonds is 4. The van der Waals surface area contributed by atoms with Gasteiger partial charge in [-0.05, 0) is 33.2 Å². The molecule has 2 saturated heterocycles. The van der Waals surface area contributed by atoms with Gasteiger partial charge in [-0.3, -0.25) is 14.4 Å². The second kappa shape index (κ2) is 6.65. The maximum absolute atomic E-state index is 12.2. The van der Waals surface area contributed by atoms with Crippen molar-refractivity contribution < 1.29 is 14.4 Å². The molecule has 2 fully saturated rings. The predicted octanol–water partition coefficient (Wildman–Crippen LogP) is -0.634. The van der Waals surface area contributed by atoms with Crippen LogP contribution in [0.1, 0.15) is 32.6 Å². The molecule has 0 saturated carbocycles. The molecule has 2 rings (SSSR count). The molecule has 0 spiro atoms. The standard InChI is InChI=1S/C13H22N4O3S/c1-7(15-2)13(20)16-9-4-5-10(18)17-8(12(14)19)3-6-11(17)21-9/h7-9,11,15H,3-6H2,1-2H3,(H2,14,19)(H,16,20)/t7-,8?,9?,11?/m0/s1. The van der Waals surface area contributed by atoms with Gasteiger partial charge in [0, 0.05) is 6.42 Å². The minimum Gasteiger partial charge on any atom is -0.368 e. The second-order valence-electron chi connectivity index (χ2n) is 5.43. The summed E-state index contributed by atoms with van der Waals surface area (Å²) >= 11 is 1.54. The van der Waals surface area contributed by atoms with Crippen LogP contribution in [-0.4, -0.2) is 52.5 Å². The molecular weight excluding hydrogens is 292 g/mol. The van der Waals surface area contributed by atoms with Crippen LogP contribution in [0.2, 0.25) is 0 Å². The minimum atomic E-state index is -0.499. The fraction of sp³-hybridized carbons (Fsp3) is 0.769. The Bertz CT molecular complexity index is 445. The van der Waals surface area contributed by atoms with E-state index in [4.69, 9.17) is 5.73 Å². The van der Waals surface area contributed by atoms with Crippen molar-refractivity contribution in [3.8, 4) is 0 Å². The van der Waals surface area contributed by atoms with Crippen molar-refractivity contribution >= 4 is 29.5 Å². The molecule has 8 heteroatoms. The zero-order chi connectivity index (χ0) is 15.6. The highest BCUT2D eigenvalue weighted by Gasteiger charge is 2.43.